The van der Waals surface area contributed by atoms with Gasteiger partial charge in [0.05, 0.1) is 140 Å². The van der Waals surface area contributed by atoms with E-state index in [0.29, 0.717) is 181 Å². The first kappa shape index (κ1) is 103. The Balaban J connectivity index is 0.000000139. The monoisotopic (exact) mass is 2000 g/mol. The summed E-state index contributed by atoms with van der Waals surface area (Å²) in [6, 6.07) is 44.5. The number of rotatable bonds is 20. The fraction of sp³-hybridized carbons (Fsp3) is 0.352. The Labute approximate surface area is 830 Å². The number of nitrogens with one attached hydrogen (secondary N) is 2. The number of carboxylic acid groups (broad SMARTS) is 5. The van der Waals surface area contributed by atoms with Gasteiger partial charge >= 0.3 is 29.8 Å². The van der Waals surface area contributed by atoms with E-state index in [1.165, 1.54) is 14.2 Å². The Morgan fingerprint density at radius 3 is 0.864 bits per heavy atom. The Bertz CT molecular complexity index is 7640. The molecule has 1 saturated carbocycles. The van der Waals surface area contributed by atoms with Crippen LogP contribution >= 0.6 is 58.0 Å². The van der Waals surface area contributed by atoms with Gasteiger partial charge < -0.3 is 82.7 Å². The summed E-state index contributed by atoms with van der Waals surface area (Å²) in [4.78, 5) is 124. The van der Waals surface area contributed by atoms with Crippen molar-refractivity contribution in [3.05, 3.63) is 256 Å². The van der Waals surface area contributed by atoms with Gasteiger partial charge in [0.15, 0.2) is 55.9 Å². The van der Waals surface area contributed by atoms with Crippen molar-refractivity contribution in [2.75, 3.05) is 47.0 Å². The molecule has 5 aromatic heterocycles. The van der Waals surface area contributed by atoms with Gasteiger partial charge in [0.1, 0.15) is 32.7 Å². The van der Waals surface area contributed by atoms with E-state index >= 15 is 0 Å². The third kappa shape index (κ3) is 21.5. The van der Waals surface area contributed by atoms with E-state index in [1.807, 2.05) is 93.6 Å². The van der Waals surface area contributed by atoms with Crippen molar-refractivity contribution < 1.29 is 73.2 Å². The number of nitrogens with zero attached hydrogens (tertiary/aromatic N) is 5. The highest BCUT2D eigenvalue weighted by Gasteiger charge is 2.31. The smallest absolute Gasteiger partial charge is 0.323 e. The van der Waals surface area contributed by atoms with Gasteiger partial charge in [-0.2, -0.15) is 0 Å². The lowest BCUT2D eigenvalue weighted by Gasteiger charge is -2.28. The Morgan fingerprint density at radius 1 is 0.350 bits per heavy atom. The van der Waals surface area contributed by atoms with Crippen molar-refractivity contribution >= 4 is 197 Å². The first-order chi connectivity index (χ1) is 66.3. The number of ether oxygens (including phenoxy) is 5. The lowest BCUT2D eigenvalue weighted by molar-refractivity contribution is -0.138. The molecule has 0 unspecified atom stereocenters. The van der Waals surface area contributed by atoms with Crippen LogP contribution in [-0.2, 0) is 72.9 Å². The van der Waals surface area contributed by atoms with Crippen LogP contribution in [-0.4, -0.2) is 137 Å². The number of aromatic nitrogens is 5. The van der Waals surface area contributed by atoms with Gasteiger partial charge in [0, 0.05) is 26.9 Å². The maximum absolute atomic E-state index is 13.3. The van der Waals surface area contributed by atoms with Crippen molar-refractivity contribution in [3.8, 4) is 28.7 Å². The quantitative estimate of drug-likeness (QED) is 0.0348. The van der Waals surface area contributed by atoms with E-state index in [4.69, 9.17) is 81.7 Å². The molecule has 0 bridgehead atoms. The lowest BCUT2D eigenvalue weighted by Crippen LogP contribution is -2.26. The third-order valence-electron chi connectivity index (χ3n) is 25.8. The molecule has 3 fully saturated rings. The molecule has 1 aliphatic carbocycles. The highest BCUT2D eigenvalue weighted by atomic mass is 35.5. The molecule has 3 aliphatic rings. The molecule has 15 aromatic rings. The molecule has 0 spiro atoms. The number of carboxylic acids is 5. The van der Waals surface area contributed by atoms with Crippen LogP contribution in [0.25, 0.3) is 109 Å². The predicted molar refractivity (Wildman–Crippen MR) is 556 cm³/mol. The average Bonchev–Trinajstić information content (AvgIpc) is 0.733. The lowest BCUT2D eigenvalue weighted by atomic mass is 9.86. The number of hydrogen-bond donors (Lipinski definition) is 7. The molecule has 10 aromatic carbocycles. The van der Waals surface area contributed by atoms with Crippen molar-refractivity contribution in [2.24, 2.45) is 0 Å². The molecule has 27 nitrogen and oxygen atoms in total. The van der Waals surface area contributed by atoms with Crippen LogP contribution in [0.15, 0.2) is 176 Å². The summed E-state index contributed by atoms with van der Waals surface area (Å²) >= 11 is 31.7. The van der Waals surface area contributed by atoms with Gasteiger partial charge in [-0.3, -0.25) is 47.9 Å². The SMILES string of the molecule is CC(C)(C)c1ccc2c(=O)c3ccc(Cl)c(OC4CCC4)c3n(CC(=O)O)c2c1.CC(C)Oc1c(Cl)ccc2c(=O)c3ccc(C(C)(C)C)cc3n(CC(=O)O)c12.CCOc1c(Cl)ccc2c(=O)c3ccc(C(C)(C)C)cc3n(CC(=O)O)c12.COc1c(Cl)ccc2c(=O)c3ccc(C4CCNCC4)cc3n(CC(=O)O)c12.COc1c(Cl)ccc2c(=O)c3ccc(C4CCNCC4)cc3n(CC(=O)O)c12. The Kier molecular flexibility index (Phi) is 31.2. The summed E-state index contributed by atoms with van der Waals surface area (Å²) in [5.41, 5.74) is 9.02. The molecule has 2 saturated heterocycles. The number of aliphatic carboxylic acids is 5. The maximum atomic E-state index is 13.3. The molecule has 18 rings (SSSR count). The van der Waals surface area contributed by atoms with Crippen LogP contribution in [0.2, 0.25) is 25.1 Å². The minimum absolute atomic E-state index is 0.0445. The molecule has 32 heteroatoms. The van der Waals surface area contributed by atoms with Gasteiger partial charge in [0.25, 0.3) is 0 Å². The second-order valence-corrected chi connectivity index (χ2v) is 40.7. The normalized spacial score (nSPS) is 13.9. The van der Waals surface area contributed by atoms with Crippen molar-refractivity contribution in [2.45, 2.75) is 201 Å². The standard InChI is InChI=1S/C23H24ClNO4.C22H24ClNO4.2C21H21ClN2O4.C21H22ClNO4/c1-23(2,3)13-7-8-15-18(11-13)25(12-19(26)27)20-16(21(15)28)9-10-17(24)22(20)29-14-5-4-6-14;1-12(2)28-21-16(23)9-8-15-19(21)24(11-18(25)26)17-10-13(22(3,4)5)6-7-14(17)20(15)27;2*1-28-21-16(22)5-4-15-19(21)24(11-18(25)26)17-10-13(2-3-14(17)20(15)27)12-6-8-23-9-7-12;1-5-27-20-15(22)9-8-14-18(20)23(11-17(24)25)16-10-12(21(2,3)4)6-7-13(16)19(14)26/h7-11,14H,4-6,12H2,1-3H3,(H,26,27);6-10,12H,11H2,1-5H3,(H,25,26);2*2-5,10,12,23H,6-9,11H2,1H3,(H,25,26);6-10H,5,11H2,1-4H3,(H,24,25). The highest BCUT2D eigenvalue weighted by molar-refractivity contribution is 6.35. The summed E-state index contributed by atoms with van der Waals surface area (Å²) in [7, 11) is 2.93. The zero-order valence-electron chi connectivity index (χ0n) is 80.2. The summed E-state index contributed by atoms with van der Waals surface area (Å²) < 4.78 is 36.7. The largest absolute Gasteiger partial charge is 0.493 e. The highest BCUT2D eigenvalue weighted by Crippen LogP contribution is 2.44. The second kappa shape index (κ2) is 42.4. The summed E-state index contributed by atoms with van der Waals surface area (Å²) in [6.45, 7) is 26.8. The van der Waals surface area contributed by atoms with E-state index in [-0.39, 0.29) is 88.3 Å². The summed E-state index contributed by atoms with van der Waals surface area (Å²) in [6.07, 6.45) is 6.85. The number of methoxy groups -OCH3 is 2. The molecule has 0 radical (unpaired) electrons. The van der Waals surface area contributed by atoms with Gasteiger partial charge in [-0.05, 0) is 269 Å². The molecule has 7 N–H and O–H groups in total. The van der Waals surface area contributed by atoms with E-state index in [1.54, 1.807) is 102 Å². The van der Waals surface area contributed by atoms with Crippen LogP contribution in [0.1, 0.15) is 168 Å². The van der Waals surface area contributed by atoms with Crippen molar-refractivity contribution in [1.82, 2.24) is 33.5 Å². The molecular formula is C108H112Cl5N7O20. The zero-order chi connectivity index (χ0) is 101. The molecule has 140 heavy (non-hydrogen) atoms. The fourth-order valence-corrected chi connectivity index (χ4v) is 19.6. The zero-order valence-corrected chi connectivity index (χ0v) is 84.0. The van der Waals surface area contributed by atoms with Crippen LogP contribution in [0.4, 0.5) is 0 Å². The predicted octanol–water partition coefficient (Wildman–Crippen LogP) is 21.4. The molecular weight excluding hydrogens is 1890 g/mol. The van der Waals surface area contributed by atoms with E-state index < -0.39 is 29.8 Å². The van der Waals surface area contributed by atoms with Crippen LogP contribution in [0.5, 0.6) is 28.7 Å². The van der Waals surface area contributed by atoms with E-state index in [9.17, 15) is 73.5 Å². The van der Waals surface area contributed by atoms with Crippen LogP contribution < -0.4 is 61.5 Å². The number of halogens is 5. The van der Waals surface area contributed by atoms with Gasteiger partial charge in [0.2, 0.25) is 0 Å². The van der Waals surface area contributed by atoms with Gasteiger partial charge in [-0.15, -0.1) is 0 Å². The van der Waals surface area contributed by atoms with Crippen molar-refractivity contribution in [3.63, 3.8) is 0 Å². The fourth-order valence-electron chi connectivity index (χ4n) is 18.6. The summed E-state index contributed by atoms with van der Waals surface area (Å²) in [5.74, 6) is -2.56. The van der Waals surface area contributed by atoms with Crippen LogP contribution in [0.3, 0.4) is 0 Å². The van der Waals surface area contributed by atoms with E-state index in [0.717, 1.165) is 98.9 Å². The third-order valence-corrected chi connectivity index (χ3v) is 27.3. The minimum atomic E-state index is -1.01. The number of benzene rings is 10. The first-order valence-corrected chi connectivity index (χ1v) is 48.2. The van der Waals surface area contributed by atoms with Crippen LogP contribution in [0, 0.1) is 0 Å². The van der Waals surface area contributed by atoms with E-state index in [2.05, 4.69) is 72.9 Å². The van der Waals surface area contributed by atoms with Crippen molar-refractivity contribution in [1.29, 1.82) is 0 Å². The molecule has 734 valence electrons. The molecule has 2 aliphatic heterocycles. The van der Waals surface area contributed by atoms with Gasteiger partial charge in [-0.25, -0.2) is 0 Å². The number of piperidine rings is 2. The topological polar surface area (TPSA) is 367 Å². The number of carbonyl (C=O) groups is 5. The molecule has 0 amide bonds. The number of hydrogen-bond acceptors (Lipinski definition) is 17. The minimum Gasteiger partial charge on any atom is -0.493 e. The summed E-state index contributed by atoms with van der Waals surface area (Å²) in [5, 5.41) is 60.6. The maximum Gasteiger partial charge on any atom is 0.323 e. The Hall–Kier alpha value is -12.7. The second-order valence-electron chi connectivity index (χ2n) is 38.6. The first-order valence-electron chi connectivity index (χ1n) is 46.3. The molecule has 0 atom stereocenters. The Morgan fingerprint density at radius 2 is 0.600 bits per heavy atom. The average molecular weight is 2010 g/mol. The number of pyridine rings is 5. The molecule has 7 heterocycles. The van der Waals surface area contributed by atoms with Gasteiger partial charge in [-0.1, -0.05) is 151 Å². The number of fused-ring (bicyclic) bond motifs is 10.